The zero-order valence-electron chi connectivity index (χ0n) is 20.4. The molecule has 1 aromatic heterocycles. The molecule has 2 aromatic rings. The van der Waals surface area contributed by atoms with E-state index >= 15 is 0 Å². The number of aromatic carboxylic acids is 1. The lowest BCUT2D eigenvalue weighted by atomic mass is 10.0. The van der Waals surface area contributed by atoms with Crippen LogP contribution < -0.4 is 10.5 Å². The summed E-state index contributed by atoms with van der Waals surface area (Å²) in [4.78, 5) is 18.1. The van der Waals surface area contributed by atoms with Crippen molar-refractivity contribution in [3.8, 4) is 0 Å². The van der Waals surface area contributed by atoms with Gasteiger partial charge in [-0.05, 0) is 56.5 Å². The van der Waals surface area contributed by atoms with Crippen LogP contribution in [0.4, 0.5) is 19.0 Å². The molecule has 36 heavy (non-hydrogen) atoms. The molecular formula is C23H31F3N4O5S. The Morgan fingerprint density at radius 1 is 1.22 bits per heavy atom. The maximum absolute atomic E-state index is 11.8. The van der Waals surface area contributed by atoms with Crippen LogP contribution in [0.5, 0.6) is 0 Å². The number of rotatable bonds is 5. The van der Waals surface area contributed by atoms with Gasteiger partial charge in [0.2, 0.25) is 0 Å². The number of halogens is 3. The molecule has 4 N–H and O–H groups in total. The van der Waals surface area contributed by atoms with Crippen LogP contribution in [0.25, 0.3) is 0 Å². The Kier molecular flexibility index (Phi) is 10.9. The molecule has 0 amide bonds. The summed E-state index contributed by atoms with van der Waals surface area (Å²) < 4.78 is 56.4. The lowest BCUT2D eigenvalue weighted by Crippen LogP contribution is -2.46. The van der Waals surface area contributed by atoms with Gasteiger partial charge in [0.1, 0.15) is 11.9 Å². The summed E-state index contributed by atoms with van der Waals surface area (Å²) >= 11 is 1.45. The van der Waals surface area contributed by atoms with Crippen LogP contribution in [0, 0.1) is 0 Å². The molecule has 2 fully saturated rings. The zero-order chi connectivity index (χ0) is 26.9. The molecule has 4 rings (SSSR count). The molecule has 1 aromatic carbocycles. The predicted octanol–water partition coefficient (Wildman–Crippen LogP) is 4.39. The van der Waals surface area contributed by atoms with E-state index in [0.717, 1.165) is 17.5 Å². The van der Waals surface area contributed by atoms with Crippen molar-refractivity contribution in [1.82, 2.24) is 14.7 Å². The smallest absolute Gasteiger partial charge is 0.434 e. The third-order valence-electron chi connectivity index (χ3n) is 4.84. The second-order valence-electron chi connectivity index (χ2n) is 7.94. The Morgan fingerprint density at radius 3 is 2.44 bits per heavy atom. The number of carboxylic acids is 1. The number of nitrogens with one attached hydrogen (secondary N) is 1. The first-order chi connectivity index (χ1) is 16.9. The molecule has 3 unspecified atom stereocenters. The van der Waals surface area contributed by atoms with Crippen LogP contribution in [-0.4, -0.2) is 58.3 Å². The number of hydrogen-bond acceptors (Lipinski definition) is 9. The topological polar surface area (TPSA) is 129 Å². The number of fused-ring (bicyclic) bond motifs is 1. The molecule has 0 saturated carbocycles. The summed E-state index contributed by atoms with van der Waals surface area (Å²) in [6.07, 6.45) is -1.96. The molecule has 0 radical (unpaired) electrons. The molecule has 2 saturated heterocycles. The Hall–Kier alpha value is -2.45. The van der Waals surface area contributed by atoms with Crippen LogP contribution >= 0.6 is 11.9 Å². The molecule has 9 nitrogen and oxygen atoms in total. The van der Waals surface area contributed by atoms with Crippen LogP contribution in [0.1, 0.15) is 50.2 Å². The number of nitrogens with two attached hydrogens (primary N) is 1. The van der Waals surface area contributed by atoms with Crippen LogP contribution in [0.3, 0.4) is 0 Å². The van der Waals surface area contributed by atoms with E-state index < -0.39 is 23.6 Å². The summed E-state index contributed by atoms with van der Waals surface area (Å²) in [6.45, 7) is 9.15. The molecule has 3 atom stereocenters. The van der Waals surface area contributed by atoms with Gasteiger partial charge in [0.25, 0.3) is 0 Å². The molecule has 2 aliphatic heterocycles. The summed E-state index contributed by atoms with van der Waals surface area (Å²) in [5.74, 6) is -1.71. The van der Waals surface area contributed by atoms with Crippen LogP contribution in [-0.2, 0) is 20.4 Å². The molecular weight excluding hydrogens is 501 g/mol. The number of nitrogen functional groups attached to an aromatic ring is 1. The van der Waals surface area contributed by atoms with Gasteiger partial charge in [-0.25, -0.2) is 9.78 Å². The Bertz CT molecular complexity index is 979. The fourth-order valence-corrected chi connectivity index (χ4v) is 4.08. The van der Waals surface area contributed by atoms with E-state index in [1.807, 2.05) is 27.7 Å². The van der Waals surface area contributed by atoms with Crippen molar-refractivity contribution in [2.75, 3.05) is 18.9 Å². The monoisotopic (exact) mass is 532 g/mol. The van der Waals surface area contributed by atoms with Gasteiger partial charge in [-0.3, -0.25) is 9.71 Å². The Morgan fingerprint density at radius 2 is 1.89 bits per heavy atom. The van der Waals surface area contributed by atoms with Gasteiger partial charge in [0.15, 0.2) is 11.5 Å². The third kappa shape index (κ3) is 8.89. The first kappa shape index (κ1) is 29.8. The fourth-order valence-electron chi connectivity index (χ4n) is 3.40. The van der Waals surface area contributed by atoms with Gasteiger partial charge in [0, 0.05) is 18.0 Å². The lowest BCUT2D eigenvalue weighted by Gasteiger charge is -2.31. The highest BCUT2D eigenvalue weighted by atomic mass is 32.2. The minimum Gasteiger partial charge on any atom is -0.478 e. The first-order valence-corrected chi connectivity index (χ1v) is 12.1. The van der Waals surface area contributed by atoms with E-state index in [0.29, 0.717) is 19.3 Å². The summed E-state index contributed by atoms with van der Waals surface area (Å²) in [5.41, 5.74) is 4.19. The highest BCUT2D eigenvalue weighted by molar-refractivity contribution is 7.97. The normalized spacial score (nSPS) is 22.4. The highest BCUT2D eigenvalue weighted by Gasteiger charge is 2.47. The maximum Gasteiger partial charge on any atom is 0.434 e. The van der Waals surface area contributed by atoms with Crippen LogP contribution in [0.15, 0.2) is 41.6 Å². The van der Waals surface area contributed by atoms with Gasteiger partial charge in [-0.15, -0.1) is 0 Å². The minimum atomic E-state index is -4.47. The van der Waals surface area contributed by atoms with E-state index in [1.165, 1.54) is 11.9 Å². The zero-order valence-corrected chi connectivity index (χ0v) is 21.2. The van der Waals surface area contributed by atoms with E-state index in [2.05, 4.69) is 14.7 Å². The molecule has 0 spiro atoms. The van der Waals surface area contributed by atoms with Gasteiger partial charge >= 0.3 is 12.1 Å². The summed E-state index contributed by atoms with van der Waals surface area (Å²) in [6, 6.07) is 6.75. The molecule has 0 bridgehead atoms. The van der Waals surface area contributed by atoms with Crippen molar-refractivity contribution in [2.45, 2.75) is 69.3 Å². The quantitative estimate of drug-likeness (QED) is 0.477. The van der Waals surface area contributed by atoms with Gasteiger partial charge in [-0.2, -0.15) is 13.2 Å². The van der Waals surface area contributed by atoms with E-state index in [9.17, 15) is 18.0 Å². The van der Waals surface area contributed by atoms with Gasteiger partial charge < -0.3 is 25.1 Å². The number of alkyl halides is 3. The van der Waals surface area contributed by atoms with E-state index in [1.54, 1.807) is 24.3 Å². The second kappa shape index (κ2) is 13.2. The van der Waals surface area contributed by atoms with Gasteiger partial charge in [0.05, 0.1) is 30.2 Å². The van der Waals surface area contributed by atoms with Crippen LogP contribution in [0.2, 0.25) is 0 Å². The lowest BCUT2D eigenvalue weighted by molar-refractivity contribution is -0.153. The summed E-state index contributed by atoms with van der Waals surface area (Å²) in [5, 5.41) is 8.89. The van der Waals surface area contributed by atoms with Crippen molar-refractivity contribution >= 4 is 23.7 Å². The van der Waals surface area contributed by atoms with Crippen molar-refractivity contribution in [3.05, 3.63) is 47.9 Å². The number of benzene rings is 1. The predicted molar refractivity (Wildman–Crippen MR) is 128 cm³/mol. The average Bonchev–Trinajstić information content (AvgIpc) is 3.15. The molecule has 13 heteroatoms. The third-order valence-corrected chi connectivity index (χ3v) is 5.66. The first-order valence-electron chi connectivity index (χ1n) is 11.3. The van der Waals surface area contributed by atoms with Crippen molar-refractivity contribution in [1.29, 1.82) is 0 Å². The largest absolute Gasteiger partial charge is 0.478 e. The Labute approximate surface area is 212 Å². The van der Waals surface area contributed by atoms with E-state index in [-0.39, 0.29) is 29.7 Å². The number of aromatic nitrogens is 2. The second-order valence-corrected chi connectivity index (χ2v) is 8.91. The Balaban J connectivity index is 0.000000295. The minimum absolute atomic E-state index is 0.0543. The van der Waals surface area contributed by atoms with Gasteiger partial charge in [-0.1, -0.05) is 13.8 Å². The number of nitrogens with zero attached hydrogens (tertiary/aromatic N) is 2. The average molecular weight is 533 g/mol. The molecule has 0 aliphatic carbocycles. The van der Waals surface area contributed by atoms with Crippen molar-refractivity contribution in [3.63, 3.8) is 0 Å². The SMILES string of the molecule is CC.CC1(C)OC2CCOC(CNSc3ccc(C(=O)O)cc3)C2O1.Nc1cncc(C(F)(F)F)n1. The number of hydrogen-bond donors (Lipinski definition) is 3. The van der Waals surface area contributed by atoms with E-state index in [4.69, 9.17) is 25.1 Å². The standard InChI is InChI=1S/C16H21NO5S.C5H4F3N3.C2H6/c1-16(2)21-12-7-8-20-13(14(12)22-16)9-17-23-11-5-3-10(4-6-11)15(18)19;6-5(7,8)3-1-10-2-4(9)11-3;1-2/h3-6,12-14,17H,7-9H2,1-2H3,(H,18,19);1-2H,(H2,9,11);1-2H3. The maximum atomic E-state index is 11.8. The van der Waals surface area contributed by atoms with Crippen molar-refractivity contribution < 1.29 is 37.3 Å². The summed E-state index contributed by atoms with van der Waals surface area (Å²) in [7, 11) is 0. The fraction of sp³-hybridized carbons (Fsp3) is 0.522. The highest BCUT2D eigenvalue weighted by Crippen LogP contribution is 2.35. The van der Waals surface area contributed by atoms with Crippen molar-refractivity contribution in [2.24, 2.45) is 0 Å². The molecule has 200 valence electrons. The number of ether oxygens (including phenoxy) is 3. The number of carboxylic acid groups (broad SMARTS) is 1. The molecule has 2 aliphatic rings. The molecule has 3 heterocycles. The number of anilines is 1. The number of carbonyl (C=O) groups is 1.